The zero-order valence-corrected chi connectivity index (χ0v) is 11.3. The van der Waals surface area contributed by atoms with Crippen LogP contribution in [0.2, 0.25) is 0 Å². The van der Waals surface area contributed by atoms with Crippen LogP contribution in [-0.4, -0.2) is 24.8 Å². The molecule has 0 unspecified atom stereocenters. The quantitative estimate of drug-likeness (QED) is 0.757. The predicted molar refractivity (Wildman–Crippen MR) is 75.1 cm³/mol. The molecule has 0 aliphatic heterocycles. The number of nitrogens with zero attached hydrogens (tertiary/aromatic N) is 5. The van der Waals surface area contributed by atoms with Crippen LogP contribution in [0.4, 0.5) is 0 Å². The van der Waals surface area contributed by atoms with E-state index in [9.17, 15) is 0 Å². The normalized spacial score (nSPS) is 10.8. The van der Waals surface area contributed by atoms with Crippen LogP contribution in [0.25, 0.3) is 5.69 Å². The molecule has 1 N–H and O–H groups in total. The van der Waals surface area contributed by atoms with Gasteiger partial charge in [-0.1, -0.05) is 18.2 Å². The molecule has 0 aliphatic rings. The first-order chi connectivity index (χ1) is 9.83. The Balaban J connectivity index is 1.59. The number of hydrogen-bond acceptors (Lipinski definition) is 4. The number of nitrogens with one attached hydrogen (secondary N) is 1. The van der Waals surface area contributed by atoms with E-state index in [0.717, 1.165) is 23.6 Å². The van der Waals surface area contributed by atoms with Gasteiger partial charge in [-0.2, -0.15) is 20.1 Å². The molecule has 20 heavy (non-hydrogen) atoms. The van der Waals surface area contributed by atoms with Crippen molar-refractivity contribution in [2.45, 2.75) is 13.1 Å². The summed E-state index contributed by atoms with van der Waals surface area (Å²) in [6.07, 6.45) is 3.58. The number of hydrogen-bond donors (Lipinski definition) is 1. The minimum Gasteiger partial charge on any atom is -0.305 e. The third kappa shape index (κ3) is 2.75. The standard InChI is InChI=1S/C14H16N6/c1-19-14(7-8-16-19)11-15-9-12-10-17-20(18-12)13-5-3-2-4-6-13/h2-8,10,15H,9,11H2,1H3. The van der Waals surface area contributed by atoms with Crippen LogP contribution in [0.1, 0.15) is 11.4 Å². The third-order valence-corrected chi connectivity index (χ3v) is 3.06. The number of aryl methyl sites for hydroxylation is 1. The van der Waals surface area contributed by atoms with Crippen molar-refractivity contribution < 1.29 is 0 Å². The van der Waals surface area contributed by atoms with Gasteiger partial charge in [-0.25, -0.2) is 0 Å². The summed E-state index contributed by atoms with van der Waals surface area (Å²) in [4.78, 5) is 1.64. The van der Waals surface area contributed by atoms with Crippen LogP contribution >= 0.6 is 0 Å². The van der Waals surface area contributed by atoms with Gasteiger partial charge in [-0.3, -0.25) is 4.68 Å². The highest BCUT2D eigenvalue weighted by atomic mass is 15.5. The molecule has 2 heterocycles. The molecule has 2 aromatic heterocycles. The van der Waals surface area contributed by atoms with Gasteiger partial charge in [0.1, 0.15) is 0 Å². The van der Waals surface area contributed by atoms with Crippen molar-refractivity contribution >= 4 is 0 Å². The summed E-state index contributed by atoms with van der Waals surface area (Å²) < 4.78 is 1.85. The largest absolute Gasteiger partial charge is 0.305 e. The van der Waals surface area contributed by atoms with E-state index in [1.165, 1.54) is 0 Å². The van der Waals surface area contributed by atoms with Crippen molar-refractivity contribution in [2.24, 2.45) is 7.05 Å². The molecule has 3 rings (SSSR count). The SMILES string of the molecule is Cn1nccc1CNCc1cnn(-c2ccccc2)n1. The maximum atomic E-state index is 4.44. The smallest absolute Gasteiger partial charge is 0.0969 e. The summed E-state index contributed by atoms with van der Waals surface area (Å²) >= 11 is 0. The first-order valence-electron chi connectivity index (χ1n) is 6.47. The Morgan fingerprint density at radius 1 is 1.05 bits per heavy atom. The average molecular weight is 268 g/mol. The zero-order chi connectivity index (χ0) is 13.8. The highest BCUT2D eigenvalue weighted by Gasteiger charge is 2.03. The Morgan fingerprint density at radius 3 is 2.65 bits per heavy atom. The van der Waals surface area contributed by atoms with Crippen molar-refractivity contribution in [1.82, 2.24) is 30.1 Å². The zero-order valence-electron chi connectivity index (χ0n) is 11.3. The summed E-state index contributed by atoms with van der Waals surface area (Å²) in [6.45, 7) is 1.44. The fourth-order valence-electron chi connectivity index (χ4n) is 1.95. The lowest BCUT2D eigenvalue weighted by atomic mass is 10.3. The van der Waals surface area contributed by atoms with Crippen molar-refractivity contribution in [2.75, 3.05) is 0 Å². The van der Waals surface area contributed by atoms with E-state index < -0.39 is 0 Å². The molecule has 1 aromatic carbocycles. The Kier molecular flexibility index (Phi) is 3.56. The Morgan fingerprint density at radius 2 is 1.90 bits per heavy atom. The van der Waals surface area contributed by atoms with Gasteiger partial charge in [0.15, 0.2) is 0 Å². The average Bonchev–Trinajstić information content (AvgIpc) is 3.10. The second-order valence-corrected chi connectivity index (χ2v) is 4.51. The molecular formula is C14H16N6. The van der Waals surface area contributed by atoms with Gasteiger partial charge in [0.05, 0.1) is 23.3 Å². The fourth-order valence-corrected chi connectivity index (χ4v) is 1.95. The molecule has 102 valence electrons. The summed E-state index contributed by atoms with van der Waals surface area (Å²) in [5.41, 5.74) is 3.02. The van der Waals surface area contributed by atoms with Crippen molar-refractivity contribution in [1.29, 1.82) is 0 Å². The highest BCUT2D eigenvalue weighted by Crippen LogP contribution is 2.04. The lowest BCUT2D eigenvalue weighted by Gasteiger charge is -2.02. The van der Waals surface area contributed by atoms with E-state index in [0.29, 0.717) is 6.54 Å². The van der Waals surface area contributed by atoms with Crippen molar-refractivity contribution in [3.63, 3.8) is 0 Å². The molecule has 0 aliphatic carbocycles. The Hall–Kier alpha value is -2.47. The van der Waals surface area contributed by atoms with Crippen LogP contribution in [0.15, 0.2) is 48.8 Å². The van der Waals surface area contributed by atoms with E-state index in [1.807, 2.05) is 48.1 Å². The second-order valence-electron chi connectivity index (χ2n) is 4.51. The number of aromatic nitrogens is 5. The molecular weight excluding hydrogens is 252 g/mol. The molecule has 0 amide bonds. The molecule has 0 radical (unpaired) electrons. The van der Waals surface area contributed by atoms with Gasteiger partial charge in [0.2, 0.25) is 0 Å². The number of benzene rings is 1. The molecule has 0 spiro atoms. The monoisotopic (exact) mass is 268 g/mol. The fraction of sp³-hybridized carbons (Fsp3) is 0.214. The van der Waals surface area contributed by atoms with Crippen molar-refractivity contribution in [3.8, 4) is 5.69 Å². The predicted octanol–water partition coefficient (Wildman–Crippen LogP) is 1.29. The lowest BCUT2D eigenvalue weighted by Crippen LogP contribution is -2.15. The molecule has 6 heteroatoms. The van der Waals surface area contributed by atoms with Crippen LogP contribution < -0.4 is 5.32 Å². The Labute approximate surface area is 117 Å². The summed E-state index contributed by atoms with van der Waals surface area (Å²) in [7, 11) is 1.93. The molecule has 0 fully saturated rings. The first-order valence-corrected chi connectivity index (χ1v) is 6.47. The van der Waals surface area contributed by atoms with Crippen LogP contribution in [0.5, 0.6) is 0 Å². The maximum absolute atomic E-state index is 4.44. The van der Waals surface area contributed by atoms with E-state index in [1.54, 1.807) is 17.2 Å². The molecule has 0 atom stereocenters. The maximum Gasteiger partial charge on any atom is 0.0969 e. The summed E-state index contributed by atoms with van der Waals surface area (Å²) in [6, 6.07) is 11.9. The Bertz CT molecular complexity index is 670. The van der Waals surface area contributed by atoms with Gasteiger partial charge < -0.3 is 5.32 Å². The van der Waals surface area contributed by atoms with Crippen molar-refractivity contribution in [3.05, 3.63) is 60.2 Å². The molecule has 0 bridgehead atoms. The minimum absolute atomic E-state index is 0.679. The third-order valence-electron chi connectivity index (χ3n) is 3.06. The van der Waals surface area contributed by atoms with Crippen LogP contribution in [0.3, 0.4) is 0 Å². The summed E-state index contributed by atoms with van der Waals surface area (Å²) in [5, 5.41) is 16.2. The number of para-hydroxylation sites is 1. The van der Waals surface area contributed by atoms with Crippen LogP contribution in [-0.2, 0) is 20.1 Å². The minimum atomic E-state index is 0.679. The van der Waals surface area contributed by atoms with E-state index in [4.69, 9.17) is 0 Å². The highest BCUT2D eigenvalue weighted by molar-refractivity contribution is 5.28. The molecule has 0 saturated heterocycles. The molecule has 0 saturated carbocycles. The van der Waals surface area contributed by atoms with Gasteiger partial charge in [-0.15, -0.1) is 0 Å². The summed E-state index contributed by atoms with van der Waals surface area (Å²) in [5.74, 6) is 0. The van der Waals surface area contributed by atoms with Gasteiger partial charge in [0, 0.05) is 26.3 Å². The van der Waals surface area contributed by atoms with Gasteiger partial charge >= 0.3 is 0 Å². The van der Waals surface area contributed by atoms with Crippen LogP contribution in [0, 0.1) is 0 Å². The molecule has 3 aromatic rings. The van der Waals surface area contributed by atoms with Gasteiger partial charge in [0.25, 0.3) is 0 Å². The lowest BCUT2D eigenvalue weighted by molar-refractivity contribution is 0.614. The van der Waals surface area contributed by atoms with E-state index in [-0.39, 0.29) is 0 Å². The molecule has 6 nitrogen and oxygen atoms in total. The topological polar surface area (TPSA) is 60.6 Å². The first kappa shape index (κ1) is 12.6. The number of rotatable bonds is 5. The second kappa shape index (κ2) is 5.66. The van der Waals surface area contributed by atoms with Gasteiger partial charge in [-0.05, 0) is 18.2 Å². The van der Waals surface area contributed by atoms with E-state index in [2.05, 4.69) is 20.6 Å². The van der Waals surface area contributed by atoms with E-state index >= 15 is 0 Å².